The van der Waals surface area contributed by atoms with E-state index in [0.717, 1.165) is 0 Å². The molecule has 4 atom stereocenters. The molecule has 0 spiro atoms. The number of carbonyl (C=O) groups excluding carboxylic acids is 1. The molecule has 0 aliphatic carbocycles. The quantitative estimate of drug-likeness (QED) is 0.616. The second kappa shape index (κ2) is 8.66. The van der Waals surface area contributed by atoms with E-state index in [0.29, 0.717) is 16.9 Å². The molecule has 2 aromatic rings. The second-order valence-electron chi connectivity index (χ2n) is 6.55. The van der Waals surface area contributed by atoms with E-state index in [1.165, 1.54) is 37.4 Å². The van der Waals surface area contributed by atoms with Crippen molar-refractivity contribution in [3.05, 3.63) is 59.4 Å². The van der Waals surface area contributed by atoms with Gasteiger partial charge in [0.2, 0.25) is 0 Å². The van der Waals surface area contributed by atoms with Gasteiger partial charge in [0.25, 0.3) is 5.91 Å². The monoisotopic (exact) mass is 391 g/mol. The number of carbonyl (C=O) groups is 1. The molecule has 1 fully saturated rings. The summed E-state index contributed by atoms with van der Waals surface area (Å²) in [5, 5.41) is 32.0. The number of amides is 1. The molecule has 3 rings (SSSR count). The lowest BCUT2D eigenvalue weighted by Gasteiger charge is -2.36. The fourth-order valence-corrected chi connectivity index (χ4v) is 3.07. The highest BCUT2D eigenvalue weighted by molar-refractivity contribution is 5.94. The van der Waals surface area contributed by atoms with E-state index in [-0.39, 0.29) is 24.7 Å². The zero-order chi connectivity index (χ0) is 20.3. The van der Waals surface area contributed by atoms with Crippen molar-refractivity contribution < 1.29 is 34.0 Å². The molecule has 0 aromatic heterocycles. The Morgan fingerprint density at radius 2 is 1.96 bits per heavy atom. The van der Waals surface area contributed by atoms with E-state index >= 15 is 0 Å². The van der Waals surface area contributed by atoms with Crippen molar-refractivity contribution in [1.82, 2.24) is 5.32 Å². The SMILES string of the molecule is CNC(=O)c1ccc(Oc2cc([C@H]3O[C@H](CO)C[C@H](O)[C@@H]3O)ccc2F)cc1. The summed E-state index contributed by atoms with van der Waals surface area (Å²) in [5.41, 5.74) is 0.843. The number of rotatable bonds is 5. The second-order valence-corrected chi connectivity index (χ2v) is 6.55. The van der Waals surface area contributed by atoms with Gasteiger partial charge in [0, 0.05) is 19.0 Å². The van der Waals surface area contributed by atoms with Crippen LogP contribution < -0.4 is 10.1 Å². The molecule has 0 radical (unpaired) electrons. The standard InChI is InChI=1S/C20H22FNO6/c1-22-20(26)11-2-5-13(6-3-11)27-17-8-12(4-7-15(17)21)19-18(25)16(24)9-14(10-23)28-19/h2-8,14,16,18-19,23-25H,9-10H2,1H3,(H,22,26)/t14-,16-,18-,19+/m0/s1. The number of hydrogen-bond acceptors (Lipinski definition) is 6. The summed E-state index contributed by atoms with van der Waals surface area (Å²) in [6.07, 6.45) is -3.73. The zero-order valence-corrected chi connectivity index (χ0v) is 15.2. The Kier molecular flexibility index (Phi) is 6.25. The molecule has 0 bridgehead atoms. The molecule has 4 N–H and O–H groups in total. The van der Waals surface area contributed by atoms with Crippen molar-refractivity contribution >= 4 is 5.91 Å². The van der Waals surface area contributed by atoms with Gasteiger partial charge < -0.3 is 30.1 Å². The molecule has 8 heteroatoms. The number of ether oxygens (including phenoxy) is 2. The van der Waals surface area contributed by atoms with E-state index in [1.807, 2.05) is 0 Å². The molecule has 1 saturated heterocycles. The minimum atomic E-state index is -1.21. The smallest absolute Gasteiger partial charge is 0.251 e. The summed E-state index contributed by atoms with van der Waals surface area (Å²) in [7, 11) is 1.52. The lowest BCUT2D eigenvalue weighted by atomic mass is 9.93. The van der Waals surface area contributed by atoms with Crippen LogP contribution in [0.1, 0.15) is 28.4 Å². The van der Waals surface area contributed by atoms with Crippen molar-refractivity contribution in [2.24, 2.45) is 0 Å². The van der Waals surface area contributed by atoms with Crippen LogP contribution in [0.4, 0.5) is 4.39 Å². The minimum Gasteiger partial charge on any atom is -0.454 e. The van der Waals surface area contributed by atoms with Gasteiger partial charge in [-0.1, -0.05) is 6.07 Å². The van der Waals surface area contributed by atoms with Crippen molar-refractivity contribution in [3.8, 4) is 11.5 Å². The molecule has 1 heterocycles. The predicted molar refractivity (Wildman–Crippen MR) is 97.6 cm³/mol. The number of nitrogens with one attached hydrogen (secondary N) is 1. The van der Waals surface area contributed by atoms with Crippen LogP contribution >= 0.6 is 0 Å². The molecule has 28 heavy (non-hydrogen) atoms. The van der Waals surface area contributed by atoms with Gasteiger partial charge in [-0.3, -0.25) is 4.79 Å². The molecule has 7 nitrogen and oxygen atoms in total. The summed E-state index contributed by atoms with van der Waals surface area (Å²) in [5.74, 6) is -0.646. The van der Waals surface area contributed by atoms with Crippen LogP contribution in [0.15, 0.2) is 42.5 Å². The first-order valence-electron chi connectivity index (χ1n) is 8.84. The Hall–Kier alpha value is -2.52. The van der Waals surface area contributed by atoms with Gasteiger partial charge >= 0.3 is 0 Å². The van der Waals surface area contributed by atoms with E-state index in [1.54, 1.807) is 12.1 Å². The molecule has 1 aliphatic heterocycles. The molecule has 1 aliphatic rings. The van der Waals surface area contributed by atoms with E-state index in [4.69, 9.17) is 9.47 Å². The molecule has 2 aromatic carbocycles. The molecule has 0 saturated carbocycles. The Labute approximate surface area is 161 Å². The predicted octanol–water partition coefficient (Wildman–Crippen LogP) is 1.52. The van der Waals surface area contributed by atoms with Crippen LogP contribution in [0.25, 0.3) is 0 Å². The average Bonchev–Trinajstić information content (AvgIpc) is 2.71. The highest BCUT2D eigenvalue weighted by Crippen LogP contribution is 2.35. The maximum atomic E-state index is 14.2. The van der Waals surface area contributed by atoms with Crippen molar-refractivity contribution in [3.63, 3.8) is 0 Å². The van der Waals surface area contributed by atoms with Gasteiger partial charge in [-0.15, -0.1) is 0 Å². The fourth-order valence-electron chi connectivity index (χ4n) is 3.07. The van der Waals surface area contributed by atoms with Gasteiger partial charge in [-0.25, -0.2) is 4.39 Å². The molecule has 0 unspecified atom stereocenters. The number of aliphatic hydroxyl groups excluding tert-OH is 3. The minimum absolute atomic E-state index is 0.0957. The Morgan fingerprint density at radius 1 is 1.25 bits per heavy atom. The maximum absolute atomic E-state index is 14.2. The van der Waals surface area contributed by atoms with Gasteiger partial charge in [0.15, 0.2) is 11.6 Å². The number of benzene rings is 2. The van der Waals surface area contributed by atoms with Crippen LogP contribution in [-0.4, -0.2) is 53.2 Å². The molecular weight excluding hydrogens is 369 g/mol. The Morgan fingerprint density at radius 3 is 2.61 bits per heavy atom. The third-order valence-corrected chi connectivity index (χ3v) is 4.61. The highest BCUT2D eigenvalue weighted by Gasteiger charge is 2.37. The summed E-state index contributed by atoms with van der Waals surface area (Å²) < 4.78 is 25.4. The molecule has 1 amide bonds. The van der Waals surface area contributed by atoms with Gasteiger partial charge in [-0.2, -0.15) is 0 Å². The molecular formula is C20H22FNO6. The van der Waals surface area contributed by atoms with Gasteiger partial charge in [0.05, 0.1) is 18.8 Å². The van der Waals surface area contributed by atoms with Crippen LogP contribution in [0, 0.1) is 5.82 Å². The number of halogens is 1. The largest absolute Gasteiger partial charge is 0.454 e. The van der Waals surface area contributed by atoms with Crippen molar-refractivity contribution in [1.29, 1.82) is 0 Å². The van der Waals surface area contributed by atoms with E-state index < -0.39 is 30.2 Å². The average molecular weight is 391 g/mol. The normalized spacial score (nSPS) is 24.6. The lowest BCUT2D eigenvalue weighted by Crippen LogP contribution is -2.44. The lowest BCUT2D eigenvalue weighted by molar-refractivity contribution is -0.179. The van der Waals surface area contributed by atoms with Gasteiger partial charge in [-0.05, 0) is 42.0 Å². The summed E-state index contributed by atoms with van der Waals surface area (Å²) in [6, 6.07) is 10.1. The van der Waals surface area contributed by atoms with Gasteiger partial charge in [0.1, 0.15) is 18.0 Å². The van der Waals surface area contributed by atoms with E-state index in [9.17, 15) is 24.5 Å². The first-order chi connectivity index (χ1) is 13.4. The summed E-state index contributed by atoms with van der Waals surface area (Å²) in [6.45, 7) is -0.303. The van der Waals surface area contributed by atoms with Crippen LogP contribution in [0.3, 0.4) is 0 Å². The topological polar surface area (TPSA) is 108 Å². The van der Waals surface area contributed by atoms with Crippen LogP contribution in [0.2, 0.25) is 0 Å². The fraction of sp³-hybridized carbons (Fsp3) is 0.350. The number of aliphatic hydroxyl groups is 3. The van der Waals surface area contributed by atoms with E-state index in [2.05, 4.69) is 5.32 Å². The first-order valence-corrected chi connectivity index (χ1v) is 8.84. The highest BCUT2D eigenvalue weighted by atomic mass is 19.1. The zero-order valence-electron chi connectivity index (χ0n) is 15.2. The molecule has 150 valence electrons. The first kappa shape index (κ1) is 20.2. The summed E-state index contributed by atoms with van der Waals surface area (Å²) in [4.78, 5) is 11.6. The third-order valence-electron chi connectivity index (χ3n) is 4.61. The van der Waals surface area contributed by atoms with Crippen LogP contribution in [-0.2, 0) is 4.74 Å². The van der Waals surface area contributed by atoms with Crippen molar-refractivity contribution in [2.75, 3.05) is 13.7 Å². The summed E-state index contributed by atoms with van der Waals surface area (Å²) >= 11 is 0. The van der Waals surface area contributed by atoms with Crippen LogP contribution in [0.5, 0.6) is 11.5 Å². The number of hydrogen-bond donors (Lipinski definition) is 4. The Bertz CT molecular complexity index is 828. The maximum Gasteiger partial charge on any atom is 0.251 e. The Balaban J connectivity index is 1.82. The van der Waals surface area contributed by atoms with Crippen molar-refractivity contribution in [2.45, 2.75) is 30.8 Å². The third kappa shape index (κ3) is 4.31.